The van der Waals surface area contributed by atoms with Crippen molar-refractivity contribution in [2.45, 2.75) is 66.6 Å². The van der Waals surface area contributed by atoms with Crippen molar-refractivity contribution in [3.05, 3.63) is 11.1 Å². The molecule has 0 atom stereocenters. The van der Waals surface area contributed by atoms with Gasteiger partial charge in [0.15, 0.2) is 0 Å². The predicted octanol–water partition coefficient (Wildman–Crippen LogP) is 3.82. The molecule has 0 aromatic rings. The summed E-state index contributed by atoms with van der Waals surface area (Å²) < 4.78 is 0. The molecule has 0 aliphatic rings. The molecule has 4 heteroatoms. The molecule has 0 saturated heterocycles. The van der Waals surface area contributed by atoms with E-state index in [1.807, 2.05) is 55.4 Å². The zero-order valence-electron chi connectivity index (χ0n) is 13.0. The van der Waals surface area contributed by atoms with E-state index in [2.05, 4.69) is 0 Å². The highest BCUT2D eigenvalue weighted by Crippen LogP contribution is 2.12. The SMILES string of the molecule is C/C(COOC(C)(C)C)=C(\C)COOC(C)(C)C. The van der Waals surface area contributed by atoms with E-state index >= 15 is 0 Å². The van der Waals surface area contributed by atoms with Gasteiger partial charge in [-0.05, 0) is 66.5 Å². The van der Waals surface area contributed by atoms with Gasteiger partial charge < -0.3 is 0 Å². The summed E-state index contributed by atoms with van der Waals surface area (Å²) in [7, 11) is 0. The number of hydrogen-bond donors (Lipinski definition) is 0. The molecule has 4 nitrogen and oxygen atoms in total. The van der Waals surface area contributed by atoms with E-state index < -0.39 is 0 Å². The molecule has 18 heavy (non-hydrogen) atoms. The van der Waals surface area contributed by atoms with Crippen LogP contribution >= 0.6 is 0 Å². The highest BCUT2D eigenvalue weighted by Gasteiger charge is 2.13. The standard InChI is InChI=1S/C14H28O4/c1-11(9-15-17-13(3,4)5)12(2)10-16-18-14(6,7)8/h9-10H2,1-8H3/b12-11-. The zero-order valence-corrected chi connectivity index (χ0v) is 13.0. The predicted molar refractivity (Wildman–Crippen MR) is 72.0 cm³/mol. The summed E-state index contributed by atoms with van der Waals surface area (Å²) >= 11 is 0. The third-order valence-corrected chi connectivity index (χ3v) is 1.90. The number of hydrogen-bond acceptors (Lipinski definition) is 4. The van der Waals surface area contributed by atoms with Crippen molar-refractivity contribution < 1.29 is 19.6 Å². The zero-order chi connectivity index (χ0) is 14.4. The van der Waals surface area contributed by atoms with E-state index in [1.165, 1.54) is 0 Å². The lowest BCUT2D eigenvalue weighted by atomic mass is 10.2. The van der Waals surface area contributed by atoms with Crippen molar-refractivity contribution in [2.75, 3.05) is 13.2 Å². The molecule has 0 aliphatic carbocycles. The quantitative estimate of drug-likeness (QED) is 0.413. The second kappa shape index (κ2) is 7.24. The maximum Gasteiger partial charge on any atom is 0.103 e. The highest BCUT2D eigenvalue weighted by molar-refractivity contribution is 5.09. The van der Waals surface area contributed by atoms with Crippen LogP contribution in [0.15, 0.2) is 11.1 Å². The third-order valence-electron chi connectivity index (χ3n) is 1.90. The average molecular weight is 260 g/mol. The summed E-state index contributed by atoms with van der Waals surface area (Å²) in [5.74, 6) is 0. The van der Waals surface area contributed by atoms with Crippen LogP contribution in [0.4, 0.5) is 0 Å². The lowest BCUT2D eigenvalue weighted by Crippen LogP contribution is -2.21. The van der Waals surface area contributed by atoms with Gasteiger partial charge in [0.25, 0.3) is 0 Å². The Bertz CT molecular complexity index is 240. The lowest BCUT2D eigenvalue weighted by Gasteiger charge is -2.19. The molecule has 108 valence electrons. The van der Waals surface area contributed by atoms with Gasteiger partial charge in [-0.25, -0.2) is 19.6 Å². The monoisotopic (exact) mass is 260 g/mol. The Morgan fingerprint density at radius 2 is 0.944 bits per heavy atom. The van der Waals surface area contributed by atoms with Crippen molar-refractivity contribution in [2.24, 2.45) is 0 Å². The summed E-state index contributed by atoms with van der Waals surface area (Å²) in [6, 6.07) is 0. The molecule has 0 N–H and O–H groups in total. The van der Waals surface area contributed by atoms with Crippen LogP contribution in [-0.2, 0) is 19.6 Å². The van der Waals surface area contributed by atoms with Gasteiger partial charge >= 0.3 is 0 Å². The molecule has 0 aliphatic heterocycles. The fourth-order valence-electron chi connectivity index (χ4n) is 0.836. The van der Waals surface area contributed by atoms with Crippen molar-refractivity contribution >= 4 is 0 Å². The first-order valence-electron chi connectivity index (χ1n) is 6.28. The van der Waals surface area contributed by atoms with Crippen molar-refractivity contribution in [3.8, 4) is 0 Å². The topological polar surface area (TPSA) is 36.9 Å². The molecule has 0 fully saturated rings. The first-order valence-corrected chi connectivity index (χ1v) is 6.28. The molecular formula is C14H28O4. The highest BCUT2D eigenvalue weighted by atomic mass is 17.2. The van der Waals surface area contributed by atoms with Crippen molar-refractivity contribution in [1.82, 2.24) is 0 Å². The summed E-state index contributed by atoms with van der Waals surface area (Å²) in [5.41, 5.74) is 1.58. The van der Waals surface area contributed by atoms with Crippen LogP contribution in [0.5, 0.6) is 0 Å². The Labute approximate surface area is 111 Å². The second-order valence-corrected chi connectivity index (χ2v) is 6.48. The summed E-state index contributed by atoms with van der Waals surface area (Å²) in [4.78, 5) is 20.8. The van der Waals surface area contributed by atoms with Crippen LogP contribution < -0.4 is 0 Å². The van der Waals surface area contributed by atoms with Crippen LogP contribution in [0.3, 0.4) is 0 Å². The van der Waals surface area contributed by atoms with E-state index in [-0.39, 0.29) is 11.2 Å². The van der Waals surface area contributed by atoms with Gasteiger partial charge in [-0.2, -0.15) is 0 Å². The maximum atomic E-state index is 5.20. The minimum atomic E-state index is -0.292. The fourth-order valence-corrected chi connectivity index (χ4v) is 0.836. The van der Waals surface area contributed by atoms with E-state index in [0.717, 1.165) is 11.1 Å². The molecule has 0 unspecified atom stereocenters. The van der Waals surface area contributed by atoms with Gasteiger partial charge in [0, 0.05) is 0 Å². The molecule has 0 aromatic heterocycles. The Morgan fingerprint density at radius 1 is 0.667 bits per heavy atom. The minimum Gasteiger partial charge on any atom is -0.232 e. The largest absolute Gasteiger partial charge is 0.232 e. The Balaban J connectivity index is 3.97. The minimum absolute atomic E-state index is 0.292. The van der Waals surface area contributed by atoms with Crippen LogP contribution in [0.2, 0.25) is 0 Å². The molecular weight excluding hydrogens is 232 g/mol. The number of rotatable bonds is 6. The average Bonchev–Trinajstić information content (AvgIpc) is 2.13. The van der Waals surface area contributed by atoms with Crippen LogP contribution in [0.1, 0.15) is 55.4 Å². The van der Waals surface area contributed by atoms with E-state index in [1.54, 1.807) is 0 Å². The van der Waals surface area contributed by atoms with Gasteiger partial charge in [-0.1, -0.05) is 0 Å². The van der Waals surface area contributed by atoms with Gasteiger partial charge in [0.1, 0.15) is 13.2 Å². The van der Waals surface area contributed by atoms with Gasteiger partial charge in [0.05, 0.1) is 11.2 Å². The van der Waals surface area contributed by atoms with E-state index in [9.17, 15) is 0 Å². The van der Waals surface area contributed by atoms with Crippen LogP contribution in [0, 0.1) is 0 Å². The summed E-state index contributed by atoms with van der Waals surface area (Å²) in [6.45, 7) is 16.5. The van der Waals surface area contributed by atoms with Gasteiger partial charge in [-0.3, -0.25) is 0 Å². The third kappa shape index (κ3) is 10.7. The fraction of sp³-hybridized carbons (Fsp3) is 0.857. The molecule has 0 radical (unpaired) electrons. The molecule has 0 bridgehead atoms. The Morgan fingerprint density at radius 3 is 1.17 bits per heavy atom. The normalized spacial score (nSPS) is 14.7. The summed E-state index contributed by atoms with van der Waals surface area (Å²) in [5, 5.41) is 0. The maximum absolute atomic E-state index is 5.20. The molecule has 0 aromatic carbocycles. The van der Waals surface area contributed by atoms with Crippen LogP contribution in [0.25, 0.3) is 0 Å². The van der Waals surface area contributed by atoms with Crippen molar-refractivity contribution in [3.63, 3.8) is 0 Å². The van der Waals surface area contributed by atoms with E-state index in [0.29, 0.717) is 13.2 Å². The van der Waals surface area contributed by atoms with Gasteiger partial charge in [-0.15, -0.1) is 0 Å². The van der Waals surface area contributed by atoms with Gasteiger partial charge in [0.2, 0.25) is 0 Å². The Kier molecular flexibility index (Phi) is 7.07. The molecule has 0 amide bonds. The van der Waals surface area contributed by atoms with E-state index in [4.69, 9.17) is 19.6 Å². The second-order valence-electron chi connectivity index (χ2n) is 6.48. The molecule has 0 saturated carbocycles. The van der Waals surface area contributed by atoms with Crippen LogP contribution in [-0.4, -0.2) is 24.4 Å². The lowest BCUT2D eigenvalue weighted by molar-refractivity contribution is -0.346. The molecule has 0 spiro atoms. The first-order chi connectivity index (χ1) is 8.01. The molecule has 0 rings (SSSR count). The molecule has 0 heterocycles. The summed E-state index contributed by atoms with van der Waals surface area (Å²) in [6.07, 6.45) is 0. The van der Waals surface area contributed by atoms with Crippen molar-refractivity contribution in [1.29, 1.82) is 0 Å². The first kappa shape index (κ1) is 17.6. The Hall–Kier alpha value is -0.420. The smallest absolute Gasteiger partial charge is 0.103 e.